The van der Waals surface area contributed by atoms with Gasteiger partial charge < -0.3 is 5.11 Å². The minimum atomic E-state index is -0.640. The normalized spacial score (nSPS) is 19.5. The van der Waals surface area contributed by atoms with Gasteiger partial charge in [-0.1, -0.05) is 43.5 Å². The van der Waals surface area contributed by atoms with Gasteiger partial charge in [-0.2, -0.15) is 0 Å². The molecule has 1 N–H and O–H groups in total. The molecule has 15 heavy (non-hydrogen) atoms. The highest BCUT2D eigenvalue weighted by atomic mass is 16.3. The van der Waals surface area contributed by atoms with E-state index in [1.54, 1.807) is 12.1 Å². The third-order valence-electron chi connectivity index (χ3n) is 3.21. The minimum Gasteiger partial charge on any atom is -0.385 e. The fourth-order valence-corrected chi connectivity index (χ4v) is 2.27. The van der Waals surface area contributed by atoms with Crippen molar-refractivity contribution < 1.29 is 5.11 Å². The largest absolute Gasteiger partial charge is 0.385 e. The molecule has 1 aromatic rings. The average molecular weight is 201 g/mol. The molecule has 0 saturated heterocycles. The van der Waals surface area contributed by atoms with Crippen molar-refractivity contribution in [2.75, 3.05) is 0 Å². The van der Waals surface area contributed by atoms with E-state index in [9.17, 15) is 5.11 Å². The van der Waals surface area contributed by atoms with Gasteiger partial charge in [0, 0.05) is 0 Å². The Bertz CT molecular complexity index is 369. The molecule has 0 unspecified atom stereocenters. The van der Waals surface area contributed by atoms with Crippen molar-refractivity contribution in [1.82, 2.24) is 0 Å². The summed E-state index contributed by atoms with van der Waals surface area (Å²) in [6.07, 6.45) is 5.12. The van der Waals surface area contributed by atoms with E-state index in [2.05, 4.69) is 4.85 Å². The number of nitrogens with zero attached hydrogens (tertiary/aromatic N) is 1. The highest BCUT2D eigenvalue weighted by Crippen LogP contribution is 2.37. The van der Waals surface area contributed by atoms with Crippen molar-refractivity contribution in [3.63, 3.8) is 0 Å². The predicted molar refractivity (Wildman–Crippen MR) is 59.7 cm³/mol. The molecular formula is C13H15NO. The van der Waals surface area contributed by atoms with E-state index in [0.29, 0.717) is 5.69 Å². The van der Waals surface area contributed by atoms with Crippen LogP contribution in [0.1, 0.15) is 37.7 Å². The summed E-state index contributed by atoms with van der Waals surface area (Å²) in [4.78, 5) is 3.35. The quantitative estimate of drug-likeness (QED) is 0.692. The molecular weight excluding hydrogens is 186 g/mol. The third kappa shape index (κ3) is 2.03. The van der Waals surface area contributed by atoms with Gasteiger partial charge in [-0.3, -0.25) is 0 Å². The van der Waals surface area contributed by atoms with Crippen LogP contribution in [-0.4, -0.2) is 5.11 Å². The fraction of sp³-hybridized carbons (Fsp3) is 0.462. The molecule has 1 fully saturated rings. The number of hydrogen-bond donors (Lipinski definition) is 1. The fourth-order valence-electron chi connectivity index (χ4n) is 2.27. The molecule has 0 spiro atoms. The van der Waals surface area contributed by atoms with Crippen LogP contribution >= 0.6 is 0 Å². The monoisotopic (exact) mass is 201 g/mol. The highest BCUT2D eigenvalue weighted by molar-refractivity contribution is 5.46. The van der Waals surface area contributed by atoms with Crippen LogP contribution in [0.4, 0.5) is 5.69 Å². The summed E-state index contributed by atoms with van der Waals surface area (Å²) in [5.41, 5.74) is 0.964. The molecule has 1 aliphatic rings. The van der Waals surface area contributed by atoms with Crippen molar-refractivity contribution in [2.45, 2.75) is 37.7 Å². The van der Waals surface area contributed by atoms with E-state index in [-0.39, 0.29) is 0 Å². The Morgan fingerprint density at radius 1 is 1.07 bits per heavy atom. The van der Waals surface area contributed by atoms with Gasteiger partial charge in [0.25, 0.3) is 0 Å². The number of hydrogen-bond acceptors (Lipinski definition) is 1. The maximum Gasteiger partial charge on any atom is 0.187 e. The Kier molecular flexibility index (Phi) is 2.75. The Morgan fingerprint density at radius 2 is 1.67 bits per heavy atom. The molecule has 0 bridgehead atoms. The molecule has 2 nitrogen and oxygen atoms in total. The summed E-state index contributed by atoms with van der Waals surface area (Å²) in [5, 5.41) is 10.4. The lowest BCUT2D eigenvalue weighted by Gasteiger charge is -2.32. The van der Waals surface area contributed by atoms with E-state index >= 15 is 0 Å². The first-order valence-corrected chi connectivity index (χ1v) is 5.45. The summed E-state index contributed by atoms with van der Waals surface area (Å²) in [6.45, 7) is 6.87. The first kappa shape index (κ1) is 10.2. The van der Waals surface area contributed by atoms with Gasteiger partial charge in [0.15, 0.2) is 5.69 Å². The van der Waals surface area contributed by atoms with E-state index in [1.807, 2.05) is 12.1 Å². The number of rotatable bonds is 1. The molecule has 78 valence electrons. The second-order valence-electron chi connectivity index (χ2n) is 4.25. The van der Waals surface area contributed by atoms with Crippen LogP contribution in [0.2, 0.25) is 0 Å². The summed E-state index contributed by atoms with van der Waals surface area (Å²) in [6, 6.07) is 7.35. The van der Waals surface area contributed by atoms with Crippen molar-refractivity contribution >= 4 is 5.69 Å². The maximum atomic E-state index is 10.4. The van der Waals surface area contributed by atoms with Crippen LogP contribution in [-0.2, 0) is 5.60 Å². The Hall–Kier alpha value is -1.33. The molecule has 0 atom stereocenters. The topological polar surface area (TPSA) is 24.6 Å². The summed E-state index contributed by atoms with van der Waals surface area (Å²) >= 11 is 0. The van der Waals surface area contributed by atoms with Crippen molar-refractivity contribution in [3.05, 3.63) is 41.2 Å². The zero-order valence-corrected chi connectivity index (χ0v) is 8.74. The molecule has 0 heterocycles. The van der Waals surface area contributed by atoms with Crippen LogP contribution in [0.3, 0.4) is 0 Å². The molecule has 2 rings (SSSR count). The smallest absolute Gasteiger partial charge is 0.187 e. The molecule has 1 aliphatic carbocycles. The van der Waals surface area contributed by atoms with Gasteiger partial charge in [0.05, 0.1) is 12.2 Å². The van der Waals surface area contributed by atoms with Crippen LogP contribution in [0.5, 0.6) is 0 Å². The lowest BCUT2D eigenvalue weighted by atomic mass is 9.80. The maximum absolute atomic E-state index is 10.4. The van der Waals surface area contributed by atoms with Crippen LogP contribution in [0, 0.1) is 6.57 Å². The third-order valence-corrected chi connectivity index (χ3v) is 3.21. The van der Waals surface area contributed by atoms with Gasteiger partial charge in [0.2, 0.25) is 0 Å². The summed E-state index contributed by atoms with van der Waals surface area (Å²) < 4.78 is 0. The zero-order chi connectivity index (χ0) is 10.7. The summed E-state index contributed by atoms with van der Waals surface area (Å²) in [7, 11) is 0. The molecule has 0 aromatic heterocycles. The second-order valence-corrected chi connectivity index (χ2v) is 4.25. The highest BCUT2D eigenvalue weighted by Gasteiger charge is 2.30. The molecule has 0 amide bonds. The van der Waals surface area contributed by atoms with E-state index in [0.717, 1.165) is 31.2 Å². The lowest BCUT2D eigenvalue weighted by Crippen LogP contribution is -2.28. The molecule has 0 aliphatic heterocycles. The van der Waals surface area contributed by atoms with Crippen LogP contribution in [0.15, 0.2) is 24.3 Å². The van der Waals surface area contributed by atoms with E-state index in [4.69, 9.17) is 6.57 Å². The molecule has 0 radical (unpaired) electrons. The Morgan fingerprint density at radius 3 is 2.20 bits per heavy atom. The SMILES string of the molecule is [C-]#[N+]c1ccc(C2(O)CCCCC2)cc1. The molecule has 1 aromatic carbocycles. The van der Waals surface area contributed by atoms with Crippen molar-refractivity contribution in [1.29, 1.82) is 0 Å². The Labute approximate surface area is 90.4 Å². The summed E-state index contributed by atoms with van der Waals surface area (Å²) in [5.74, 6) is 0. The standard InChI is InChI=1S/C13H15NO/c1-14-12-7-5-11(6-8-12)13(15)9-3-2-4-10-13/h5-8,15H,2-4,9-10H2. The zero-order valence-electron chi connectivity index (χ0n) is 8.74. The van der Waals surface area contributed by atoms with E-state index in [1.165, 1.54) is 6.42 Å². The Balaban J connectivity index is 2.24. The number of aliphatic hydroxyl groups is 1. The van der Waals surface area contributed by atoms with Crippen molar-refractivity contribution in [2.24, 2.45) is 0 Å². The van der Waals surface area contributed by atoms with Gasteiger partial charge >= 0.3 is 0 Å². The minimum absolute atomic E-state index is 0.637. The van der Waals surface area contributed by atoms with Gasteiger partial charge in [-0.15, -0.1) is 0 Å². The van der Waals surface area contributed by atoms with Crippen LogP contribution in [0.25, 0.3) is 4.85 Å². The van der Waals surface area contributed by atoms with E-state index < -0.39 is 5.60 Å². The lowest BCUT2D eigenvalue weighted by molar-refractivity contribution is -0.000607. The van der Waals surface area contributed by atoms with Crippen LogP contribution < -0.4 is 0 Å². The van der Waals surface area contributed by atoms with Gasteiger partial charge in [0.1, 0.15) is 0 Å². The molecule has 1 saturated carbocycles. The van der Waals surface area contributed by atoms with Gasteiger partial charge in [-0.05, 0) is 18.4 Å². The first-order valence-electron chi connectivity index (χ1n) is 5.45. The molecule has 2 heteroatoms. The second kappa shape index (κ2) is 4.04. The first-order chi connectivity index (χ1) is 7.24. The van der Waals surface area contributed by atoms with Gasteiger partial charge in [-0.25, -0.2) is 4.85 Å². The number of benzene rings is 1. The average Bonchev–Trinajstić information content (AvgIpc) is 2.30. The van der Waals surface area contributed by atoms with Crippen molar-refractivity contribution in [3.8, 4) is 0 Å². The predicted octanol–water partition coefficient (Wildman–Crippen LogP) is 3.39.